The standard InChI is InChI=1S/C9H12O7S.K/c1-15-9-4-6(7(11)5-10)2-3-8(9)16-17(12,13)14;/h2-4,7,10-11H,5H2,1H3,(H,12,13,14);. The van der Waals surface area contributed by atoms with Crippen molar-refractivity contribution in [3.8, 4) is 11.5 Å². The maximum Gasteiger partial charge on any atom is 0.446 e. The fourth-order valence-corrected chi connectivity index (χ4v) is 1.54. The Morgan fingerprint density at radius 1 is 1.33 bits per heavy atom. The average molecular weight is 303 g/mol. The van der Waals surface area contributed by atoms with E-state index in [9.17, 15) is 13.5 Å². The molecule has 0 aliphatic heterocycles. The summed E-state index contributed by atoms with van der Waals surface area (Å²) >= 11 is 0. The predicted molar refractivity (Wildman–Crippen MR) is 63.0 cm³/mol. The van der Waals surface area contributed by atoms with Gasteiger partial charge in [-0.3, -0.25) is 4.55 Å². The fraction of sp³-hybridized carbons (Fsp3) is 0.333. The van der Waals surface area contributed by atoms with Crippen LogP contribution < -0.4 is 8.92 Å². The van der Waals surface area contributed by atoms with Crippen molar-refractivity contribution in [2.45, 2.75) is 6.10 Å². The van der Waals surface area contributed by atoms with Gasteiger partial charge in [0.2, 0.25) is 0 Å². The Kier molecular flexibility index (Phi) is 7.90. The maximum atomic E-state index is 10.5. The minimum atomic E-state index is -4.64. The number of methoxy groups -OCH3 is 1. The molecule has 0 saturated heterocycles. The van der Waals surface area contributed by atoms with Gasteiger partial charge in [0.25, 0.3) is 0 Å². The zero-order valence-corrected chi connectivity index (χ0v) is 13.8. The Bertz CT molecular complexity index is 488. The van der Waals surface area contributed by atoms with Gasteiger partial charge < -0.3 is 19.1 Å². The van der Waals surface area contributed by atoms with Gasteiger partial charge in [-0.15, -0.1) is 0 Å². The second-order valence-corrected chi connectivity index (χ2v) is 4.14. The third kappa shape index (κ3) is 5.51. The molecule has 0 spiro atoms. The Labute approximate surface area is 147 Å². The molecule has 7 nitrogen and oxygen atoms in total. The van der Waals surface area contributed by atoms with Gasteiger partial charge in [-0.05, 0) is 17.7 Å². The molecular formula is C9H12KO7S. The van der Waals surface area contributed by atoms with E-state index in [2.05, 4.69) is 4.18 Å². The third-order valence-electron chi connectivity index (χ3n) is 1.94. The van der Waals surface area contributed by atoms with Crippen LogP contribution in [-0.4, -0.2) is 88.3 Å². The monoisotopic (exact) mass is 303 g/mol. The van der Waals surface area contributed by atoms with E-state index in [-0.39, 0.29) is 62.9 Å². The maximum absolute atomic E-state index is 10.5. The van der Waals surface area contributed by atoms with E-state index in [0.29, 0.717) is 5.56 Å². The normalized spacial score (nSPS) is 12.4. The SMILES string of the molecule is COc1cc(C(O)CO)ccc1OS(=O)(=O)O.[K]. The molecule has 1 aromatic carbocycles. The van der Waals surface area contributed by atoms with E-state index in [1.165, 1.54) is 25.3 Å². The summed E-state index contributed by atoms with van der Waals surface area (Å²) in [6, 6.07) is 3.83. The summed E-state index contributed by atoms with van der Waals surface area (Å²) < 4.78 is 38.7. The van der Waals surface area contributed by atoms with Crippen LogP contribution in [0.3, 0.4) is 0 Å². The largest absolute Gasteiger partial charge is 0.493 e. The summed E-state index contributed by atoms with van der Waals surface area (Å²) in [6.07, 6.45) is -1.11. The quantitative estimate of drug-likeness (QED) is 0.497. The van der Waals surface area contributed by atoms with Gasteiger partial charge in [0.05, 0.1) is 13.7 Å². The molecule has 1 radical (unpaired) electrons. The first-order chi connectivity index (χ1) is 7.87. The van der Waals surface area contributed by atoms with Crippen LogP contribution in [0.15, 0.2) is 18.2 Å². The summed E-state index contributed by atoms with van der Waals surface area (Å²) in [6.45, 7) is -0.484. The van der Waals surface area contributed by atoms with Crippen LogP contribution in [0.2, 0.25) is 0 Å². The molecule has 0 fully saturated rings. The van der Waals surface area contributed by atoms with Gasteiger partial charge in [0.1, 0.15) is 6.10 Å². The molecule has 1 aromatic rings. The number of rotatable bonds is 5. The number of hydrogen-bond donors (Lipinski definition) is 3. The summed E-state index contributed by atoms with van der Waals surface area (Å²) in [4.78, 5) is 0. The average Bonchev–Trinajstić information content (AvgIpc) is 2.26. The van der Waals surface area contributed by atoms with Gasteiger partial charge in [0.15, 0.2) is 11.5 Å². The van der Waals surface area contributed by atoms with E-state index < -0.39 is 23.1 Å². The van der Waals surface area contributed by atoms with E-state index in [0.717, 1.165) is 0 Å². The molecule has 18 heavy (non-hydrogen) atoms. The zero-order valence-electron chi connectivity index (χ0n) is 9.90. The number of hydrogen-bond acceptors (Lipinski definition) is 6. The van der Waals surface area contributed by atoms with E-state index in [1.54, 1.807) is 0 Å². The van der Waals surface area contributed by atoms with Crippen molar-refractivity contribution in [1.82, 2.24) is 0 Å². The van der Waals surface area contributed by atoms with Gasteiger partial charge in [-0.25, -0.2) is 0 Å². The van der Waals surface area contributed by atoms with Crippen LogP contribution >= 0.6 is 0 Å². The summed E-state index contributed by atoms with van der Waals surface area (Å²) in [5.41, 5.74) is 0.326. The zero-order chi connectivity index (χ0) is 13.1. The van der Waals surface area contributed by atoms with Crippen LogP contribution in [-0.2, 0) is 10.4 Å². The summed E-state index contributed by atoms with van der Waals surface area (Å²) in [5, 5.41) is 18.1. The van der Waals surface area contributed by atoms with E-state index in [1.807, 2.05) is 0 Å². The third-order valence-corrected chi connectivity index (χ3v) is 2.33. The minimum Gasteiger partial charge on any atom is -0.493 e. The first kappa shape index (κ1) is 18.3. The molecule has 1 unspecified atom stereocenters. The number of benzene rings is 1. The van der Waals surface area contributed by atoms with Crippen molar-refractivity contribution in [3.63, 3.8) is 0 Å². The molecule has 1 atom stereocenters. The van der Waals surface area contributed by atoms with Crippen molar-refractivity contribution >= 4 is 61.8 Å². The number of aliphatic hydroxyl groups is 2. The molecule has 0 bridgehead atoms. The Balaban J connectivity index is 0.00000289. The molecule has 3 N–H and O–H groups in total. The number of aliphatic hydroxyl groups excluding tert-OH is 2. The Hall–Kier alpha value is 0.286. The van der Waals surface area contributed by atoms with Gasteiger partial charge in [-0.2, -0.15) is 8.42 Å². The molecule has 1 rings (SSSR count). The van der Waals surface area contributed by atoms with Crippen LogP contribution in [0, 0.1) is 0 Å². The van der Waals surface area contributed by atoms with Gasteiger partial charge >= 0.3 is 10.4 Å². The first-order valence-corrected chi connectivity index (χ1v) is 5.87. The van der Waals surface area contributed by atoms with Crippen molar-refractivity contribution in [3.05, 3.63) is 23.8 Å². The van der Waals surface area contributed by atoms with Gasteiger partial charge in [0, 0.05) is 51.4 Å². The minimum absolute atomic E-state index is 0. The molecule has 0 aliphatic carbocycles. The smallest absolute Gasteiger partial charge is 0.446 e. The summed E-state index contributed by atoms with van der Waals surface area (Å²) in [7, 11) is -3.38. The van der Waals surface area contributed by atoms with Crippen LogP contribution in [0.1, 0.15) is 11.7 Å². The molecular weight excluding hydrogens is 291 g/mol. The molecule has 0 aliphatic rings. The Morgan fingerprint density at radius 3 is 2.39 bits per heavy atom. The van der Waals surface area contributed by atoms with Crippen LogP contribution in [0.5, 0.6) is 11.5 Å². The van der Waals surface area contributed by atoms with Gasteiger partial charge in [-0.1, -0.05) is 6.07 Å². The van der Waals surface area contributed by atoms with Crippen molar-refractivity contribution in [1.29, 1.82) is 0 Å². The topological polar surface area (TPSA) is 113 Å². The fourth-order valence-electron chi connectivity index (χ4n) is 1.18. The van der Waals surface area contributed by atoms with E-state index in [4.69, 9.17) is 14.4 Å². The van der Waals surface area contributed by atoms with Crippen molar-refractivity contribution in [2.75, 3.05) is 13.7 Å². The second-order valence-electron chi connectivity index (χ2n) is 3.12. The summed E-state index contributed by atoms with van der Waals surface area (Å²) in [5.74, 6) is -0.212. The molecule has 9 heteroatoms. The number of ether oxygens (including phenoxy) is 1. The molecule has 0 saturated carbocycles. The first-order valence-electron chi connectivity index (χ1n) is 4.51. The second kappa shape index (κ2) is 7.77. The predicted octanol–water partition coefficient (Wildman–Crippen LogP) is -0.478. The van der Waals surface area contributed by atoms with Crippen LogP contribution in [0.25, 0.3) is 0 Å². The van der Waals surface area contributed by atoms with Crippen LogP contribution in [0.4, 0.5) is 0 Å². The molecule has 97 valence electrons. The van der Waals surface area contributed by atoms with E-state index >= 15 is 0 Å². The molecule has 0 amide bonds. The Morgan fingerprint density at radius 2 is 1.94 bits per heavy atom. The molecule has 0 heterocycles. The van der Waals surface area contributed by atoms with Crippen molar-refractivity contribution in [2.24, 2.45) is 0 Å². The van der Waals surface area contributed by atoms with Crippen molar-refractivity contribution < 1.29 is 32.1 Å². The molecule has 0 aromatic heterocycles.